The van der Waals surface area contributed by atoms with Crippen LogP contribution in [0.2, 0.25) is 0 Å². The number of hydrogen-bond donors (Lipinski definition) is 3. The minimum absolute atomic E-state index is 0.0433. The minimum atomic E-state index is -4.84. The third kappa shape index (κ3) is 8.29. The van der Waals surface area contributed by atoms with Gasteiger partial charge in [0.15, 0.2) is 9.84 Å². The molecular formula is C31H32F4N4O3S. The molecule has 0 aliphatic carbocycles. The third-order valence-electron chi connectivity index (χ3n) is 6.83. The summed E-state index contributed by atoms with van der Waals surface area (Å²) in [7, 11) is -3.40. The summed E-state index contributed by atoms with van der Waals surface area (Å²) in [6, 6.07) is 16.4. The van der Waals surface area contributed by atoms with E-state index in [0.717, 1.165) is 36.7 Å². The summed E-state index contributed by atoms with van der Waals surface area (Å²) in [5.41, 5.74) is 0.207. The molecule has 0 radical (unpaired) electrons. The zero-order valence-corrected chi connectivity index (χ0v) is 24.6. The van der Waals surface area contributed by atoms with Gasteiger partial charge in [0.2, 0.25) is 5.91 Å². The molecule has 0 bridgehead atoms. The molecule has 1 heterocycles. The lowest BCUT2D eigenvalue weighted by molar-refractivity contribution is -0.163. The predicted molar refractivity (Wildman–Crippen MR) is 159 cm³/mol. The second-order valence-electron chi connectivity index (χ2n) is 10.7. The Morgan fingerprint density at radius 3 is 2.09 bits per heavy atom. The van der Waals surface area contributed by atoms with Crippen LogP contribution in [0, 0.1) is 0 Å². The van der Waals surface area contributed by atoms with E-state index in [4.69, 9.17) is 0 Å². The molecule has 43 heavy (non-hydrogen) atoms. The molecule has 0 saturated heterocycles. The lowest BCUT2D eigenvalue weighted by Crippen LogP contribution is -2.57. The summed E-state index contributed by atoms with van der Waals surface area (Å²) in [6.45, 7) is 2.39. The molecule has 0 saturated carbocycles. The average Bonchev–Trinajstić information content (AvgIpc) is 2.94. The summed E-state index contributed by atoms with van der Waals surface area (Å²) in [4.78, 5) is 17.3. The highest BCUT2D eigenvalue weighted by atomic mass is 32.2. The topological polar surface area (TPSA) is 100 Å². The van der Waals surface area contributed by atoms with Crippen LogP contribution in [0.25, 0.3) is 22.0 Å². The van der Waals surface area contributed by atoms with Gasteiger partial charge in [0, 0.05) is 36.6 Å². The fourth-order valence-electron chi connectivity index (χ4n) is 4.57. The van der Waals surface area contributed by atoms with Gasteiger partial charge in [0.25, 0.3) is 0 Å². The highest BCUT2D eigenvalue weighted by Crippen LogP contribution is 2.35. The Bertz CT molecular complexity index is 1670. The Morgan fingerprint density at radius 2 is 1.51 bits per heavy atom. The molecule has 3 N–H and O–H groups in total. The highest BCUT2D eigenvalue weighted by molar-refractivity contribution is 7.90. The van der Waals surface area contributed by atoms with Gasteiger partial charge in [-0.15, -0.1) is 0 Å². The fraction of sp³-hybridized carbons (Fsp3) is 0.290. The molecule has 4 aromatic rings. The standard InChI is InChI=1S/C31H32F4N4O3S/c1-30(2,32)28(29(40)38-18-17-36-24-12-15-26-23(19-24)5-4-16-37-26)39-27(31(33,34)35)22-8-6-20(7-9-22)21-10-13-25(14-11-21)43(3,41)42/h4-16,19,27-28,36,39H,17-18H2,1-3H3,(H,38,40). The summed E-state index contributed by atoms with van der Waals surface area (Å²) in [6.07, 6.45) is -2.08. The van der Waals surface area contributed by atoms with E-state index in [0.29, 0.717) is 11.1 Å². The summed E-state index contributed by atoms with van der Waals surface area (Å²) < 4.78 is 81.2. The van der Waals surface area contributed by atoms with Crippen LogP contribution in [0.1, 0.15) is 25.5 Å². The number of carbonyl (C=O) groups is 1. The van der Waals surface area contributed by atoms with Crippen molar-refractivity contribution in [2.45, 2.75) is 42.7 Å². The highest BCUT2D eigenvalue weighted by Gasteiger charge is 2.46. The van der Waals surface area contributed by atoms with E-state index in [1.807, 2.05) is 30.3 Å². The molecule has 2 unspecified atom stereocenters. The number of carbonyl (C=O) groups excluding carboxylic acids is 1. The van der Waals surface area contributed by atoms with Crippen LogP contribution in [0.4, 0.5) is 23.2 Å². The zero-order chi connectivity index (χ0) is 31.4. The average molecular weight is 617 g/mol. The molecule has 7 nitrogen and oxygen atoms in total. The maximum atomic E-state index is 15.1. The van der Waals surface area contributed by atoms with E-state index in [1.165, 1.54) is 36.4 Å². The molecule has 0 fully saturated rings. The molecular weight excluding hydrogens is 584 g/mol. The van der Waals surface area contributed by atoms with Crippen molar-refractivity contribution >= 4 is 32.3 Å². The van der Waals surface area contributed by atoms with Crippen LogP contribution in [0.15, 0.2) is 90.0 Å². The maximum Gasteiger partial charge on any atom is 0.407 e. The molecule has 0 aliphatic heterocycles. The number of rotatable bonds is 11. The zero-order valence-electron chi connectivity index (χ0n) is 23.7. The Hall–Kier alpha value is -4.03. The van der Waals surface area contributed by atoms with E-state index in [2.05, 4.69) is 20.9 Å². The summed E-state index contributed by atoms with van der Waals surface area (Å²) in [5, 5.41) is 8.77. The van der Waals surface area contributed by atoms with E-state index in [1.54, 1.807) is 18.3 Å². The first-order valence-corrected chi connectivity index (χ1v) is 15.3. The van der Waals surface area contributed by atoms with E-state index in [9.17, 15) is 26.4 Å². The van der Waals surface area contributed by atoms with Crippen molar-refractivity contribution in [1.82, 2.24) is 15.6 Å². The number of sulfone groups is 1. The van der Waals surface area contributed by atoms with Gasteiger partial charge in [-0.25, -0.2) is 12.8 Å². The first-order chi connectivity index (χ1) is 20.1. The Balaban J connectivity index is 1.44. The van der Waals surface area contributed by atoms with Crippen LogP contribution >= 0.6 is 0 Å². The monoisotopic (exact) mass is 616 g/mol. The number of benzene rings is 3. The van der Waals surface area contributed by atoms with Crippen molar-refractivity contribution in [3.8, 4) is 11.1 Å². The van der Waals surface area contributed by atoms with Gasteiger partial charge in [-0.3, -0.25) is 15.1 Å². The largest absolute Gasteiger partial charge is 0.407 e. The minimum Gasteiger partial charge on any atom is -0.383 e. The predicted octanol–water partition coefficient (Wildman–Crippen LogP) is 5.84. The van der Waals surface area contributed by atoms with Crippen molar-refractivity contribution in [1.29, 1.82) is 0 Å². The Morgan fingerprint density at radius 1 is 0.884 bits per heavy atom. The van der Waals surface area contributed by atoms with Crippen LogP contribution in [-0.4, -0.2) is 56.5 Å². The molecule has 0 aliphatic rings. The van der Waals surface area contributed by atoms with Gasteiger partial charge >= 0.3 is 6.18 Å². The molecule has 1 amide bonds. The van der Waals surface area contributed by atoms with Crippen molar-refractivity contribution < 1.29 is 30.8 Å². The van der Waals surface area contributed by atoms with Gasteiger partial charge in [-0.2, -0.15) is 13.2 Å². The number of amides is 1. The number of aromatic nitrogens is 1. The van der Waals surface area contributed by atoms with Gasteiger partial charge < -0.3 is 10.6 Å². The third-order valence-corrected chi connectivity index (χ3v) is 7.95. The van der Waals surface area contributed by atoms with Gasteiger partial charge in [-0.05, 0) is 66.9 Å². The molecule has 0 spiro atoms. The number of pyridine rings is 1. The molecule has 12 heteroatoms. The van der Waals surface area contributed by atoms with Gasteiger partial charge in [-0.1, -0.05) is 42.5 Å². The number of halogens is 4. The number of nitrogens with one attached hydrogen (secondary N) is 3. The van der Waals surface area contributed by atoms with Crippen molar-refractivity contribution in [2.75, 3.05) is 24.7 Å². The lowest BCUT2D eigenvalue weighted by atomic mass is 9.95. The van der Waals surface area contributed by atoms with E-state index < -0.39 is 39.7 Å². The van der Waals surface area contributed by atoms with Crippen molar-refractivity contribution in [3.05, 3.63) is 90.6 Å². The van der Waals surface area contributed by atoms with Crippen LogP contribution in [0.3, 0.4) is 0 Å². The van der Waals surface area contributed by atoms with E-state index in [-0.39, 0.29) is 23.5 Å². The first-order valence-electron chi connectivity index (χ1n) is 13.4. The summed E-state index contributed by atoms with van der Waals surface area (Å²) in [5.74, 6) is -0.908. The van der Waals surface area contributed by atoms with Crippen molar-refractivity contribution in [2.24, 2.45) is 0 Å². The van der Waals surface area contributed by atoms with Crippen molar-refractivity contribution in [3.63, 3.8) is 0 Å². The smallest absolute Gasteiger partial charge is 0.383 e. The quantitative estimate of drug-likeness (QED) is 0.145. The second kappa shape index (κ2) is 12.7. The first kappa shape index (κ1) is 31.9. The molecule has 1 aromatic heterocycles. The lowest BCUT2D eigenvalue weighted by Gasteiger charge is -2.32. The van der Waals surface area contributed by atoms with Crippen LogP contribution < -0.4 is 16.0 Å². The van der Waals surface area contributed by atoms with Gasteiger partial charge in [0.1, 0.15) is 17.8 Å². The molecule has 3 aromatic carbocycles. The summed E-state index contributed by atoms with van der Waals surface area (Å²) >= 11 is 0. The SMILES string of the molecule is CC(C)(F)C(NC(c1ccc(-c2ccc(S(C)(=O)=O)cc2)cc1)C(F)(F)F)C(=O)NCCNc1ccc2ncccc2c1. The number of fused-ring (bicyclic) bond motifs is 1. The number of hydrogen-bond acceptors (Lipinski definition) is 6. The fourth-order valence-corrected chi connectivity index (χ4v) is 5.21. The number of alkyl halides is 4. The van der Waals surface area contributed by atoms with Gasteiger partial charge in [0.05, 0.1) is 10.4 Å². The second-order valence-corrected chi connectivity index (χ2v) is 12.7. The normalized spacial score (nSPS) is 13.8. The Labute approximate surface area is 247 Å². The Kier molecular flexibility index (Phi) is 9.41. The number of nitrogens with zero attached hydrogens (tertiary/aromatic N) is 1. The van der Waals surface area contributed by atoms with Crippen LogP contribution in [-0.2, 0) is 14.6 Å². The molecule has 4 rings (SSSR count). The number of anilines is 1. The molecule has 2 atom stereocenters. The van der Waals surface area contributed by atoms with E-state index >= 15 is 4.39 Å². The van der Waals surface area contributed by atoms with Crippen LogP contribution in [0.5, 0.6) is 0 Å². The molecule has 228 valence electrons. The maximum absolute atomic E-state index is 15.1.